The maximum absolute atomic E-state index is 5.51. The second-order valence-electron chi connectivity index (χ2n) is 3.98. The van der Waals surface area contributed by atoms with Crippen molar-refractivity contribution >= 4 is 11.8 Å². The minimum atomic E-state index is 0.778. The summed E-state index contributed by atoms with van der Waals surface area (Å²) in [6.45, 7) is 3.29. The summed E-state index contributed by atoms with van der Waals surface area (Å²) >= 11 is 1.83. The second-order valence-corrected chi connectivity index (χ2v) is 5.15. The molecule has 1 aromatic carbocycles. The first-order valence-electron chi connectivity index (χ1n) is 6.30. The molecule has 0 aliphatic rings. The van der Waals surface area contributed by atoms with Crippen LogP contribution in [0.3, 0.4) is 0 Å². The molecule has 0 aliphatic carbocycles. The highest BCUT2D eigenvalue weighted by Gasteiger charge is 1.96. The lowest BCUT2D eigenvalue weighted by Crippen LogP contribution is -2.04. The molecule has 102 valence electrons. The number of rotatable bonds is 10. The SMILES string of the molecule is CNCc1ccc(SCCOCCCOC)cc1. The van der Waals surface area contributed by atoms with E-state index in [0.29, 0.717) is 0 Å². The van der Waals surface area contributed by atoms with Crippen molar-refractivity contribution in [3.05, 3.63) is 29.8 Å². The maximum Gasteiger partial charge on any atom is 0.0560 e. The molecule has 4 heteroatoms. The molecule has 0 spiro atoms. The van der Waals surface area contributed by atoms with Gasteiger partial charge in [-0.15, -0.1) is 11.8 Å². The van der Waals surface area contributed by atoms with Crippen LogP contribution in [0.15, 0.2) is 29.2 Å². The molecule has 1 aromatic rings. The van der Waals surface area contributed by atoms with Crippen LogP contribution in [0.4, 0.5) is 0 Å². The summed E-state index contributed by atoms with van der Waals surface area (Å²) in [5, 5.41) is 3.14. The molecule has 0 bridgehead atoms. The van der Waals surface area contributed by atoms with Crippen LogP contribution in [0.25, 0.3) is 0 Å². The van der Waals surface area contributed by atoms with Gasteiger partial charge in [-0.3, -0.25) is 0 Å². The second kappa shape index (κ2) is 10.4. The number of thioether (sulfide) groups is 1. The number of benzene rings is 1. The number of ether oxygens (including phenoxy) is 2. The Labute approximate surface area is 114 Å². The van der Waals surface area contributed by atoms with Crippen molar-refractivity contribution in [1.82, 2.24) is 5.32 Å². The van der Waals surface area contributed by atoms with Gasteiger partial charge in [0.1, 0.15) is 0 Å². The molecule has 0 saturated carbocycles. The average Bonchev–Trinajstić information content (AvgIpc) is 2.40. The molecule has 0 saturated heterocycles. The van der Waals surface area contributed by atoms with Crippen molar-refractivity contribution in [3.63, 3.8) is 0 Å². The Kier molecular flexibility index (Phi) is 8.94. The van der Waals surface area contributed by atoms with Gasteiger partial charge in [-0.2, -0.15) is 0 Å². The molecule has 0 fully saturated rings. The first-order chi connectivity index (χ1) is 8.86. The van der Waals surface area contributed by atoms with E-state index in [2.05, 4.69) is 29.6 Å². The van der Waals surface area contributed by atoms with E-state index >= 15 is 0 Å². The van der Waals surface area contributed by atoms with Crippen LogP contribution in [0, 0.1) is 0 Å². The van der Waals surface area contributed by atoms with E-state index in [0.717, 1.165) is 38.5 Å². The summed E-state index contributed by atoms with van der Waals surface area (Å²) in [6.07, 6.45) is 0.972. The Hall–Kier alpha value is -0.550. The third-order valence-electron chi connectivity index (χ3n) is 2.44. The molecule has 0 aromatic heterocycles. The topological polar surface area (TPSA) is 30.5 Å². The molecular formula is C14H23NO2S. The lowest BCUT2D eigenvalue weighted by Gasteiger charge is -2.05. The molecule has 0 unspecified atom stereocenters. The van der Waals surface area contributed by atoms with Crippen LogP contribution in [-0.4, -0.2) is 39.7 Å². The smallest absolute Gasteiger partial charge is 0.0560 e. The van der Waals surface area contributed by atoms with Gasteiger partial charge < -0.3 is 14.8 Å². The summed E-state index contributed by atoms with van der Waals surface area (Å²) in [4.78, 5) is 1.30. The zero-order chi connectivity index (χ0) is 13.1. The lowest BCUT2D eigenvalue weighted by atomic mass is 10.2. The highest BCUT2D eigenvalue weighted by molar-refractivity contribution is 7.99. The zero-order valence-corrected chi connectivity index (χ0v) is 12.1. The van der Waals surface area contributed by atoms with Crippen LogP contribution in [0.1, 0.15) is 12.0 Å². The van der Waals surface area contributed by atoms with Crippen LogP contribution in [0.2, 0.25) is 0 Å². The minimum Gasteiger partial charge on any atom is -0.385 e. The monoisotopic (exact) mass is 269 g/mol. The van der Waals surface area contributed by atoms with Gasteiger partial charge in [-0.1, -0.05) is 12.1 Å². The van der Waals surface area contributed by atoms with Crippen LogP contribution in [-0.2, 0) is 16.0 Å². The van der Waals surface area contributed by atoms with Crippen LogP contribution >= 0.6 is 11.8 Å². The summed E-state index contributed by atoms with van der Waals surface area (Å²) in [6, 6.07) is 8.67. The molecule has 0 amide bonds. The van der Waals surface area contributed by atoms with Crippen molar-refractivity contribution in [2.75, 3.05) is 39.7 Å². The van der Waals surface area contributed by atoms with Crippen LogP contribution in [0.5, 0.6) is 0 Å². The molecule has 0 aliphatic heterocycles. The fraction of sp³-hybridized carbons (Fsp3) is 0.571. The fourth-order valence-electron chi connectivity index (χ4n) is 1.53. The molecule has 3 nitrogen and oxygen atoms in total. The largest absolute Gasteiger partial charge is 0.385 e. The van der Waals surface area contributed by atoms with E-state index in [4.69, 9.17) is 9.47 Å². The predicted octanol–water partition coefficient (Wildman–Crippen LogP) is 2.55. The zero-order valence-electron chi connectivity index (χ0n) is 11.3. The van der Waals surface area contributed by atoms with Crippen molar-refractivity contribution in [2.45, 2.75) is 17.9 Å². The van der Waals surface area contributed by atoms with Gasteiger partial charge in [0.15, 0.2) is 0 Å². The number of hydrogen-bond donors (Lipinski definition) is 1. The molecule has 1 N–H and O–H groups in total. The number of methoxy groups -OCH3 is 1. The summed E-state index contributed by atoms with van der Waals surface area (Å²) in [5.74, 6) is 0.998. The van der Waals surface area contributed by atoms with E-state index < -0.39 is 0 Å². The quantitative estimate of drug-likeness (QED) is 0.522. The standard InChI is InChI=1S/C14H23NO2S/c1-15-12-13-4-6-14(7-5-13)18-11-10-17-9-3-8-16-2/h4-7,15H,3,8-12H2,1-2H3. The van der Waals surface area contributed by atoms with Crippen molar-refractivity contribution < 1.29 is 9.47 Å². The Morgan fingerprint density at radius 3 is 2.56 bits per heavy atom. The summed E-state index contributed by atoms with van der Waals surface area (Å²) in [5.41, 5.74) is 1.32. The van der Waals surface area contributed by atoms with E-state index in [1.807, 2.05) is 18.8 Å². The minimum absolute atomic E-state index is 0.778. The van der Waals surface area contributed by atoms with Crippen molar-refractivity contribution in [3.8, 4) is 0 Å². The van der Waals surface area contributed by atoms with Gasteiger partial charge in [-0.05, 0) is 31.2 Å². The Bertz CT molecular complexity index is 303. The third-order valence-corrected chi connectivity index (χ3v) is 3.41. The normalized spacial score (nSPS) is 10.8. The van der Waals surface area contributed by atoms with Crippen molar-refractivity contribution in [2.24, 2.45) is 0 Å². The van der Waals surface area contributed by atoms with Crippen LogP contribution < -0.4 is 5.32 Å². The third kappa shape index (κ3) is 7.01. The average molecular weight is 269 g/mol. The summed E-state index contributed by atoms with van der Waals surface area (Å²) in [7, 11) is 3.68. The molecule has 0 atom stereocenters. The highest BCUT2D eigenvalue weighted by atomic mass is 32.2. The van der Waals surface area contributed by atoms with Gasteiger partial charge in [0, 0.05) is 37.5 Å². The van der Waals surface area contributed by atoms with E-state index in [1.54, 1.807) is 7.11 Å². The Morgan fingerprint density at radius 2 is 1.89 bits per heavy atom. The maximum atomic E-state index is 5.51. The van der Waals surface area contributed by atoms with Crippen molar-refractivity contribution in [1.29, 1.82) is 0 Å². The summed E-state index contributed by atoms with van der Waals surface area (Å²) < 4.78 is 10.5. The van der Waals surface area contributed by atoms with Gasteiger partial charge in [0.05, 0.1) is 6.61 Å². The first-order valence-corrected chi connectivity index (χ1v) is 7.28. The Morgan fingerprint density at radius 1 is 1.11 bits per heavy atom. The Balaban J connectivity index is 2.08. The lowest BCUT2D eigenvalue weighted by molar-refractivity contribution is 0.113. The molecular weight excluding hydrogens is 246 g/mol. The van der Waals surface area contributed by atoms with Gasteiger partial charge >= 0.3 is 0 Å². The van der Waals surface area contributed by atoms with Gasteiger partial charge in [0.2, 0.25) is 0 Å². The number of hydrogen-bond acceptors (Lipinski definition) is 4. The molecule has 18 heavy (non-hydrogen) atoms. The number of nitrogens with one attached hydrogen (secondary N) is 1. The molecule has 0 heterocycles. The predicted molar refractivity (Wildman–Crippen MR) is 77.2 cm³/mol. The molecule has 0 radical (unpaired) electrons. The fourth-order valence-corrected chi connectivity index (χ4v) is 2.30. The highest BCUT2D eigenvalue weighted by Crippen LogP contribution is 2.18. The first kappa shape index (κ1) is 15.5. The van der Waals surface area contributed by atoms with Gasteiger partial charge in [-0.25, -0.2) is 0 Å². The van der Waals surface area contributed by atoms with E-state index in [1.165, 1.54) is 10.5 Å². The van der Waals surface area contributed by atoms with E-state index in [9.17, 15) is 0 Å². The molecule has 1 rings (SSSR count). The van der Waals surface area contributed by atoms with Gasteiger partial charge in [0.25, 0.3) is 0 Å². The van der Waals surface area contributed by atoms with E-state index in [-0.39, 0.29) is 0 Å².